The summed E-state index contributed by atoms with van der Waals surface area (Å²) in [5.41, 5.74) is 2.97. The molecule has 18 heteroatoms. The summed E-state index contributed by atoms with van der Waals surface area (Å²) in [6, 6.07) is 9.10. The van der Waals surface area contributed by atoms with Crippen LogP contribution in [-0.2, 0) is 58.6 Å². The Hall–Kier alpha value is -0.980. The lowest BCUT2D eigenvalue weighted by molar-refractivity contribution is -0.145. The largest absolute Gasteiger partial charge is 0.474 e. The van der Waals surface area contributed by atoms with Crippen LogP contribution in [0.5, 0.6) is 0 Å². The molecule has 0 aliphatic heterocycles. The number of esters is 3. The summed E-state index contributed by atoms with van der Waals surface area (Å²) in [6.45, 7) is 23.3. The minimum absolute atomic E-state index is 0.115. The minimum Gasteiger partial charge on any atom is -0.466 e. The average molecular weight is 1390 g/mol. The Kier molecular flexibility index (Phi) is 62.6. The molecule has 0 radical (unpaired) electrons. The maximum Gasteiger partial charge on any atom is 0.474 e. The van der Waals surface area contributed by atoms with Gasteiger partial charge in [-0.2, -0.15) is 0 Å². The molecule has 0 fully saturated rings. The molecule has 0 aliphatic carbocycles. The van der Waals surface area contributed by atoms with Gasteiger partial charge in [0, 0.05) is 42.6 Å². The molecule has 0 aromatic heterocycles. The molecule has 0 N–H and O–H groups in total. The zero-order valence-corrected chi connectivity index (χ0v) is 64.6. The van der Waals surface area contributed by atoms with Crippen LogP contribution in [0.15, 0.2) is 24.3 Å². The highest BCUT2D eigenvalue weighted by Crippen LogP contribution is 2.49. The summed E-state index contributed by atoms with van der Waals surface area (Å²) in [5.74, 6) is 4.25. The van der Waals surface area contributed by atoms with Crippen molar-refractivity contribution in [3.8, 4) is 0 Å². The first-order chi connectivity index (χ1) is 44.7. The van der Waals surface area contributed by atoms with Gasteiger partial charge in [-0.05, 0) is 141 Å². The second-order valence-corrected chi connectivity index (χ2v) is 33.4. The molecular weight excluding hydrogens is 1250 g/mol. The molecule has 13 nitrogen and oxygen atoms in total. The van der Waals surface area contributed by atoms with Gasteiger partial charge in [0.15, 0.2) is 0 Å². The van der Waals surface area contributed by atoms with Gasteiger partial charge in [0.2, 0.25) is 0 Å². The normalized spacial score (nSPS) is 12.1. The van der Waals surface area contributed by atoms with E-state index in [2.05, 4.69) is 80.6 Å². The molecule has 0 heterocycles. The van der Waals surface area contributed by atoms with Crippen molar-refractivity contribution in [3.63, 3.8) is 0 Å². The Morgan fingerprint density at radius 3 is 1.09 bits per heavy atom. The van der Waals surface area contributed by atoms with Crippen molar-refractivity contribution in [2.24, 2.45) is 0 Å². The standard InChI is InChI=1S/C74H140N3O10PS4/c1-9-13-15-17-19-21-22-23-24-25-28-36-61-82-71(78)49-58-76(55-35-27-29-39-64-87-88(81,85-11-3)86-12-4)56-43-53-75(8)54-44-57-77(59-50-72(79)83-62-37-30-33-41-66-90-89-65-40-32-26-20-18-16-14-10-2)60-51-73(80)84-63-38-31-34-42-67-91-92-68-52-69-45-47-70(48-46-69)74(5,6)7/h45-48H,9-44,49-68H2,1-8H3. The number of ether oxygens (including phenoxy) is 3. The van der Waals surface area contributed by atoms with Crippen LogP contribution in [0.3, 0.4) is 0 Å². The summed E-state index contributed by atoms with van der Waals surface area (Å²) in [6.07, 6.45) is 42.5. The van der Waals surface area contributed by atoms with E-state index in [1.54, 1.807) is 13.8 Å². The van der Waals surface area contributed by atoms with E-state index in [-0.39, 0.29) is 36.5 Å². The topological polar surface area (TPSA) is 133 Å². The summed E-state index contributed by atoms with van der Waals surface area (Å²) < 4.78 is 46.0. The molecular formula is C74H140N3O10PS4. The first kappa shape index (κ1) is 89.0. The number of carbonyl (C=O) groups is 3. The van der Waals surface area contributed by atoms with Gasteiger partial charge in [0.05, 0.1) is 58.9 Å². The molecule has 1 rings (SSSR count). The number of benzene rings is 1. The molecule has 92 heavy (non-hydrogen) atoms. The van der Waals surface area contributed by atoms with Crippen LogP contribution in [0.2, 0.25) is 0 Å². The fraction of sp³-hybridized carbons (Fsp3) is 0.878. The van der Waals surface area contributed by atoms with Gasteiger partial charge in [-0.3, -0.25) is 28.0 Å². The number of hydrogen-bond acceptors (Lipinski definition) is 17. The van der Waals surface area contributed by atoms with Crippen LogP contribution < -0.4 is 0 Å². The highest BCUT2D eigenvalue weighted by Gasteiger charge is 2.25. The molecule has 1 aromatic rings. The van der Waals surface area contributed by atoms with Gasteiger partial charge < -0.3 is 28.9 Å². The number of nitrogens with zero attached hydrogens (tertiary/aromatic N) is 3. The lowest BCUT2D eigenvalue weighted by Crippen LogP contribution is -2.34. The first-order valence-corrected chi connectivity index (χ1v) is 43.9. The van der Waals surface area contributed by atoms with Crippen molar-refractivity contribution in [3.05, 3.63) is 35.4 Å². The second-order valence-electron chi connectivity index (χ2n) is 26.3. The Labute approximate surface area is 582 Å². The first-order valence-electron chi connectivity index (χ1n) is 37.5. The summed E-state index contributed by atoms with van der Waals surface area (Å²) in [4.78, 5) is 46.0. The maximum atomic E-state index is 13.0. The maximum absolute atomic E-state index is 13.0. The Bertz CT molecular complexity index is 1860. The number of phosphoric acid groups is 1. The SMILES string of the molecule is CCCCCCCCCCCCCCOC(=O)CCN(CCCCCCOP(=O)(OCC)OCC)CCCN(C)CCCN(CCC(=O)OCCCCCCSSCCCCCCCCCC)CCC(=O)OCCCCCCSSCCc1ccc(C(C)(C)C)cc1. The number of carbonyl (C=O) groups excluding carboxylic acids is 3. The van der Waals surface area contributed by atoms with Crippen molar-refractivity contribution in [2.45, 2.75) is 298 Å². The Morgan fingerprint density at radius 2 is 0.707 bits per heavy atom. The third-order valence-corrected chi connectivity index (χ3v) is 23.4. The molecule has 0 saturated heterocycles. The van der Waals surface area contributed by atoms with E-state index in [1.165, 1.54) is 157 Å². The summed E-state index contributed by atoms with van der Waals surface area (Å²) in [7, 11) is 6.63. The predicted molar refractivity (Wildman–Crippen MR) is 401 cm³/mol. The molecule has 540 valence electrons. The van der Waals surface area contributed by atoms with E-state index in [9.17, 15) is 18.9 Å². The third-order valence-electron chi connectivity index (χ3n) is 16.7. The zero-order valence-electron chi connectivity index (χ0n) is 60.4. The van der Waals surface area contributed by atoms with Crippen molar-refractivity contribution in [1.82, 2.24) is 14.7 Å². The highest BCUT2D eigenvalue weighted by molar-refractivity contribution is 8.77. The van der Waals surface area contributed by atoms with E-state index in [0.29, 0.717) is 65.3 Å². The lowest BCUT2D eigenvalue weighted by Gasteiger charge is -2.25. The molecule has 0 atom stereocenters. The monoisotopic (exact) mass is 1390 g/mol. The van der Waals surface area contributed by atoms with Crippen molar-refractivity contribution in [2.75, 3.05) is 122 Å². The highest BCUT2D eigenvalue weighted by atomic mass is 33.1. The Morgan fingerprint density at radius 1 is 0.380 bits per heavy atom. The number of unbranched alkanes of at least 4 members (excludes halogenated alkanes) is 27. The van der Waals surface area contributed by atoms with Gasteiger partial charge in [-0.25, -0.2) is 4.57 Å². The second kappa shape index (κ2) is 64.7. The molecule has 0 aliphatic rings. The van der Waals surface area contributed by atoms with Crippen LogP contribution in [0.1, 0.15) is 297 Å². The molecule has 0 amide bonds. The van der Waals surface area contributed by atoms with Crippen molar-refractivity contribution < 1.29 is 46.7 Å². The van der Waals surface area contributed by atoms with Crippen molar-refractivity contribution >= 4 is 68.9 Å². The van der Waals surface area contributed by atoms with E-state index < -0.39 is 7.82 Å². The van der Waals surface area contributed by atoms with E-state index in [4.69, 9.17) is 27.8 Å². The quantitative estimate of drug-likeness (QED) is 0.0201. The van der Waals surface area contributed by atoms with Gasteiger partial charge in [-0.1, -0.05) is 256 Å². The van der Waals surface area contributed by atoms with Gasteiger partial charge in [-0.15, -0.1) is 0 Å². The van der Waals surface area contributed by atoms with Gasteiger partial charge in [0.25, 0.3) is 0 Å². The van der Waals surface area contributed by atoms with Crippen LogP contribution >= 0.6 is 51.0 Å². The van der Waals surface area contributed by atoms with Crippen molar-refractivity contribution in [1.29, 1.82) is 0 Å². The number of phosphoric ester groups is 1. The number of aryl methyl sites for hydroxylation is 1. The van der Waals surface area contributed by atoms with Crippen LogP contribution in [-0.4, -0.2) is 155 Å². The zero-order chi connectivity index (χ0) is 67.1. The third kappa shape index (κ3) is 58.0. The fourth-order valence-corrected chi connectivity index (χ4v) is 16.6. The molecule has 0 saturated carbocycles. The van der Waals surface area contributed by atoms with E-state index in [0.717, 1.165) is 134 Å². The summed E-state index contributed by atoms with van der Waals surface area (Å²) in [5, 5.41) is 0. The minimum atomic E-state index is -3.51. The predicted octanol–water partition coefficient (Wildman–Crippen LogP) is 21.1. The number of rotatable bonds is 70. The Balaban J connectivity index is 2.62. The molecule has 0 unspecified atom stereocenters. The number of hydrogen-bond donors (Lipinski definition) is 0. The van der Waals surface area contributed by atoms with Crippen LogP contribution in [0.4, 0.5) is 0 Å². The molecule has 0 bridgehead atoms. The van der Waals surface area contributed by atoms with Crippen LogP contribution in [0, 0.1) is 0 Å². The van der Waals surface area contributed by atoms with Crippen LogP contribution in [0.25, 0.3) is 0 Å². The average Bonchev–Trinajstić information content (AvgIpc) is 1.16. The summed E-state index contributed by atoms with van der Waals surface area (Å²) >= 11 is 0. The van der Waals surface area contributed by atoms with E-state index in [1.807, 2.05) is 43.2 Å². The fourth-order valence-electron chi connectivity index (χ4n) is 10.9. The molecule has 1 aromatic carbocycles. The van der Waals surface area contributed by atoms with E-state index >= 15 is 0 Å². The van der Waals surface area contributed by atoms with Gasteiger partial charge >= 0.3 is 25.7 Å². The van der Waals surface area contributed by atoms with Gasteiger partial charge in [0.1, 0.15) is 0 Å². The lowest BCUT2D eigenvalue weighted by atomic mass is 9.86. The smallest absolute Gasteiger partial charge is 0.466 e. The molecule has 0 spiro atoms.